The van der Waals surface area contributed by atoms with Gasteiger partial charge < -0.3 is 4.74 Å². The monoisotopic (exact) mass is 401 g/mol. The zero-order valence-electron chi connectivity index (χ0n) is 16.0. The van der Waals surface area contributed by atoms with Gasteiger partial charge in [-0.15, -0.1) is 0 Å². The largest absolute Gasteiger partial charge is 0.453 e. The number of esters is 1. The van der Waals surface area contributed by atoms with Gasteiger partial charge in [0, 0.05) is 11.0 Å². The molecule has 0 heterocycles. The lowest BCUT2D eigenvalue weighted by Gasteiger charge is -2.13. The zero-order chi connectivity index (χ0) is 20.7. The molecular weight excluding hydrogens is 378 g/mol. The van der Waals surface area contributed by atoms with Crippen LogP contribution in [0.5, 0.6) is 0 Å². The van der Waals surface area contributed by atoms with Crippen molar-refractivity contribution >= 4 is 27.9 Å². The van der Waals surface area contributed by atoms with Crippen LogP contribution in [0, 0.1) is 13.8 Å². The van der Waals surface area contributed by atoms with E-state index in [9.17, 15) is 18.0 Å². The molecule has 148 valence electrons. The van der Waals surface area contributed by atoms with Gasteiger partial charge in [0.2, 0.25) is 15.8 Å². The molecule has 0 aliphatic heterocycles. The molecule has 0 aromatic heterocycles. The average Bonchev–Trinajstić information content (AvgIpc) is 2.67. The van der Waals surface area contributed by atoms with Gasteiger partial charge >= 0.3 is 5.97 Å². The zero-order valence-corrected chi connectivity index (χ0v) is 16.8. The van der Waals surface area contributed by atoms with Crippen LogP contribution >= 0.6 is 0 Å². The average molecular weight is 401 g/mol. The minimum atomic E-state index is -3.81. The molecule has 0 radical (unpaired) electrons. The Morgan fingerprint density at radius 3 is 2.39 bits per heavy atom. The molecule has 7 heteroatoms. The van der Waals surface area contributed by atoms with Gasteiger partial charge in [-0.3, -0.25) is 9.59 Å². The number of nitrogens with one attached hydrogen (secondary N) is 1. The van der Waals surface area contributed by atoms with Crippen LogP contribution in [0.25, 0.3) is 6.08 Å². The lowest BCUT2D eigenvalue weighted by molar-refractivity contribution is -0.144. The maximum Gasteiger partial charge on any atom is 0.321 e. The maximum absolute atomic E-state index is 12.4. The Kier molecular flexibility index (Phi) is 7.25. The molecule has 28 heavy (non-hydrogen) atoms. The van der Waals surface area contributed by atoms with Crippen molar-refractivity contribution in [3.05, 3.63) is 76.2 Å². The number of Topliss-reactive ketones (excluding diaryl/α,β-unsaturated/α-hetero) is 1. The van der Waals surface area contributed by atoms with Gasteiger partial charge in [-0.25, -0.2) is 13.1 Å². The van der Waals surface area contributed by atoms with Gasteiger partial charge in [-0.05, 0) is 49.6 Å². The topological polar surface area (TPSA) is 89.5 Å². The number of hydrogen-bond acceptors (Lipinski definition) is 5. The van der Waals surface area contributed by atoms with Crippen molar-refractivity contribution < 1.29 is 22.7 Å². The first-order chi connectivity index (χ1) is 13.2. The summed E-state index contributed by atoms with van der Waals surface area (Å²) >= 11 is 0. The Balaban J connectivity index is 1.89. The van der Waals surface area contributed by atoms with Crippen LogP contribution in [0.4, 0.5) is 0 Å². The van der Waals surface area contributed by atoms with Crippen molar-refractivity contribution in [2.45, 2.75) is 26.9 Å². The van der Waals surface area contributed by atoms with Crippen LogP contribution in [-0.4, -0.2) is 32.8 Å². The third-order valence-electron chi connectivity index (χ3n) is 4.13. The highest BCUT2D eigenvalue weighted by Crippen LogP contribution is 2.13. The molecule has 0 unspecified atom stereocenters. The second-order valence-electron chi connectivity index (χ2n) is 6.37. The molecule has 6 nitrogen and oxygen atoms in total. The van der Waals surface area contributed by atoms with E-state index in [1.165, 1.54) is 13.0 Å². The number of hydrogen-bond donors (Lipinski definition) is 1. The summed E-state index contributed by atoms with van der Waals surface area (Å²) < 4.78 is 31.1. The molecule has 1 atom stereocenters. The Labute approximate surface area is 165 Å². The number of carbonyl (C=O) groups excluding carboxylic acids is 2. The van der Waals surface area contributed by atoms with Gasteiger partial charge in [0.1, 0.15) is 6.54 Å². The van der Waals surface area contributed by atoms with E-state index in [1.54, 1.807) is 36.4 Å². The Bertz CT molecular complexity index is 981. The van der Waals surface area contributed by atoms with E-state index in [-0.39, 0.29) is 5.78 Å². The molecule has 0 amide bonds. The Morgan fingerprint density at radius 1 is 1.07 bits per heavy atom. The molecule has 2 aromatic rings. The first-order valence-corrected chi connectivity index (χ1v) is 10.3. The highest BCUT2D eigenvalue weighted by molar-refractivity contribution is 7.92. The summed E-state index contributed by atoms with van der Waals surface area (Å²) in [6, 6.07) is 14.1. The van der Waals surface area contributed by atoms with E-state index in [4.69, 9.17) is 4.74 Å². The van der Waals surface area contributed by atoms with E-state index >= 15 is 0 Å². The number of carbonyl (C=O) groups is 2. The molecule has 0 spiro atoms. The summed E-state index contributed by atoms with van der Waals surface area (Å²) in [5.74, 6) is -1.18. The van der Waals surface area contributed by atoms with Gasteiger partial charge in [-0.1, -0.05) is 42.5 Å². The maximum atomic E-state index is 12.4. The number of ether oxygens (including phenoxy) is 1. The molecule has 0 aliphatic rings. The van der Waals surface area contributed by atoms with E-state index in [0.29, 0.717) is 11.1 Å². The fraction of sp³-hybridized carbons (Fsp3) is 0.238. The Morgan fingerprint density at radius 2 is 1.75 bits per heavy atom. The third kappa shape index (κ3) is 6.44. The van der Waals surface area contributed by atoms with Crippen LogP contribution in [-0.2, 0) is 19.6 Å². The summed E-state index contributed by atoms with van der Waals surface area (Å²) in [7, 11) is -3.81. The third-order valence-corrected chi connectivity index (χ3v) is 5.17. The normalized spacial score (nSPS) is 12.7. The van der Waals surface area contributed by atoms with Crippen LogP contribution < -0.4 is 4.72 Å². The summed E-state index contributed by atoms with van der Waals surface area (Å²) in [4.78, 5) is 24.3. The second-order valence-corrected chi connectivity index (χ2v) is 8.03. The minimum absolute atomic E-state index is 0.344. The van der Waals surface area contributed by atoms with Crippen molar-refractivity contribution in [1.29, 1.82) is 0 Å². The van der Waals surface area contributed by atoms with Crippen LogP contribution in [0.2, 0.25) is 0 Å². The van der Waals surface area contributed by atoms with Gasteiger partial charge in [0.25, 0.3) is 0 Å². The molecule has 2 rings (SSSR count). The van der Waals surface area contributed by atoms with E-state index in [1.807, 2.05) is 26.0 Å². The predicted molar refractivity (Wildman–Crippen MR) is 108 cm³/mol. The molecular formula is C21H23NO5S. The predicted octanol–water partition coefficient (Wildman–Crippen LogP) is 3.01. The van der Waals surface area contributed by atoms with Gasteiger partial charge in [0.05, 0.1) is 0 Å². The van der Waals surface area contributed by atoms with E-state index in [0.717, 1.165) is 16.5 Å². The highest BCUT2D eigenvalue weighted by atomic mass is 32.2. The Hall–Kier alpha value is -2.77. The standard InChI is InChI=1S/C21H23NO5S/c1-15-9-10-19(13-16(15)2)21(24)17(3)27-20(23)14-22-28(25,26)12-11-18-7-5-4-6-8-18/h4-13,17,22H,14H2,1-3H3/b12-11+/t17-/m0/s1. The summed E-state index contributed by atoms with van der Waals surface area (Å²) in [6.07, 6.45) is 0.401. The van der Waals surface area contributed by atoms with Gasteiger partial charge in [0.15, 0.2) is 6.10 Å². The molecule has 0 saturated heterocycles. The number of ketones is 1. The molecule has 0 fully saturated rings. The summed E-state index contributed by atoms with van der Waals surface area (Å²) in [6.45, 7) is 4.72. The van der Waals surface area contributed by atoms with Crippen molar-refractivity contribution in [2.24, 2.45) is 0 Å². The summed E-state index contributed by atoms with van der Waals surface area (Å²) in [5, 5.41) is 0.972. The number of sulfonamides is 1. The molecule has 2 aromatic carbocycles. The SMILES string of the molecule is Cc1ccc(C(=O)[C@H](C)OC(=O)CNS(=O)(=O)/C=C/c2ccccc2)cc1C. The van der Waals surface area contributed by atoms with E-state index in [2.05, 4.69) is 4.72 Å². The quantitative estimate of drug-likeness (QED) is 0.542. The smallest absolute Gasteiger partial charge is 0.321 e. The van der Waals surface area contributed by atoms with Crippen LogP contribution in [0.3, 0.4) is 0 Å². The molecule has 0 bridgehead atoms. The summed E-state index contributed by atoms with van der Waals surface area (Å²) in [5.41, 5.74) is 3.17. The van der Waals surface area contributed by atoms with Crippen molar-refractivity contribution in [3.63, 3.8) is 0 Å². The highest BCUT2D eigenvalue weighted by Gasteiger charge is 2.20. The van der Waals surface area contributed by atoms with Crippen molar-refractivity contribution in [1.82, 2.24) is 4.72 Å². The van der Waals surface area contributed by atoms with Crippen LogP contribution in [0.1, 0.15) is 34.0 Å². The number of benzene rings is 2. The first kappa shape index (κ1) is 21.5. The fourth-order valence-electron chi connectivity index (χ4n) is 2.36. The van der Waals surface area contributed by atoms with E-state index < -0.39 is 28.6 Å². The lowest BCUT2D eigenvalue weighted by atomic mass is 10.0. The van der Waals surface area contributed by atoms with Gasteiger partial charge in [-0.2, -0.15) is 0 Å². The molecule has 0 aliphatic carbocycles. The van der Waals surface area contributed by atoms with Crippen LogP contribution in [0.15, 0.2) is 53.9 Å². The minimum Gasteiger partial charge on any atom is -0.453 e. The first-order valence-electron chi connectivity index (χ1n) is 8.72. The lowest BCUT2D eigenvalue weighted by Crippen LogP contribution is -2.33. The molecule has 1 N–H and O–H groups in total. The number of aryl methyl sites for hydroxylation is 2. The molecule has 0 saturated carbocycles. The second kappa shape index (κ2) is 9.43. The number of rotatable bonds is 8. The van der Waals surface area contributed by atoms with Crippen molar-refractivity contribution in [2.75, 3.05) is 6.54 Å². The van der Waals surface area contributed by atoms with Crippen molar-refractivity contribution in [3.8, 4) is 0 Å². The fourth-order valence-corrected chi connectivity index (χ4v) is 3.11.